The summed E-state index contributed by atoms with van der Waals surface area (Å²) < 4.78 is 0. The summed E-state index contributed by atoms with van der Waals surface area (Å²) in [7, 11) is 0. The Morgan fingerprint density at radius 3 is 3.00 bits per heavy atom. The van der Waals surface area contributed by atoms with Crippen LogP contribution in [0.1, 0.15) is 25.7 Å². The third kappa shape index (κ3) is 3.15. The van der Waals surface area contributed by atoms with Crippen molar-refractivity contribution in [1.29, 1.82) is 0 Å². The maximum Gasteiger partial charge on any atom is 0.306 e. The molecular formula is C12H17N3O2. The smallest absolute Gasteiger partial charge is 0.306 e. The molecule has 0 aliphatic heterocycles. The first-order valence-electron chi connectivity index (χ1n) is 6.00. The predicted octanol–water partition coefficient (Wildman–Crippen LogP) is 1.78. The standard InChI is InChI=1S/C12H17N3O2/c16-12(17)10-4-2-1-3-9(10)7-14-11-5-6-13-8-15-11/h5-6,8-10H,1-4,7H2,(H,16,17)(H,13,14,15). The van der Waals surface area contributed by atoms with Crippen LogP contribution in [-0.2, 0) is 4.79 Å². The Balaban J connectivity index is 1.90. The minimum atomic E-state index is -0.667. The first kappa shape index (κ1) is 11.8. The number of aromatic nitrogens is 2. The molecule has 0 spiro atoms. The average Bonchev–Trinajstić information content (AvgIpc) is 2.38. The molecule has 17 heavy (non-hydrogen) atoms. The molecule has 0 radical (unpaired) electrons. The van der Waals surface area contributed by atoms with E-state index < -0.39 is 5.97 Å². The highest BCUT2D eigenvalue weighted by Crippen LogP contribution is 2.30. The third-order valence-corrected chi connectivity index (χ3v) is 3.35. The zero-order valence-electron chi connectivity index (χ0n) is 9.67. The van der Waals surface area contributed by atoms with Gasteiger partial charge in [-0.05, 0) is 24.8 Å². The predicted molar refractivity (Wildman–Crippen MR) is 63.6 cm³/mol. The molecule has 0 bridgehead atoms. The van der Waals surface area contributed by atoms with Gasteiger partial charge in [-0.2, -0.15) is 0 Å². The van der Waals surface area contributed by atoms with E-state index in [1.807, 2.05) is 0 Å². The SMILES string of the molecule is O=C(O)C1CCCCC1CNc1ccncn1. The van der Waals surface area contributed by atoms with Gasteiger partial charge in [0, 0.05) is 12.7 Å². The summed E-state index contributed by atoms with van der Waals surface area (Å²) in [6.07, 6.45) is 7.09. The monoisotopic (exact) mass is 235 g/mol. The molecule has 2 N–H and O–H groups in total. The molecule has 2 atom stereocenters. The fourth-order valence-corrected chi connectivity index (χ4v) is 2.41. The maximum atomic E-state index is 11.1. The van der Waals surface area contributed by atoms with E-state index in [0.717, 1.165) is 31.5 Å². The van der Waals surface area contributed by atoms with Crippen LogP contribution in [0, 0.1) is 11.8 Å². The van der Waals surface area contributed by atoms with E-state index in [1.165, 1.54) is 6.33 Å². The van der Waals surface area contributed by atoms with E-state index >= 15 is 0 Å². The zero-order valence-corrected chi connectivity index (χ0v) is 9.67. The van der Waals surface area contributed by atoms with Crippen molar-refractivity contribution >= 4 is 11.8 Å². The quantitative estimate of drug-likeness (QED) is 0.832. The molecule has 0 saturated heterocycles. The highest BCUT2D eigenvalue weighted by molar-refractivity contribution is 5.70. The molecule has 2 rings (SSSR count). The van der Waals surface area contributed by atoms with Gasteiger partial charge >= 0.3 is 5.97 Å². The lowest BCUT2D eigenvalue weighted by Gasteiger charge is -2.28. The summed E-state index contributed by atoms with van der Waals surface area (Å²) in [5, 5.41) is 12.3. The number of hydrogen-bond donors (Lipinski definition) is 2. The fraction of sp³-hybridized carbons (Fsp3) is 0.583. The van der Waals surface area contributed by atoms with Crippen molar-refractivity contribution in [2.24, 2.45) is 11.8 Å². The van der Waals surface area contributed by atoms with E-state index in [0.29, 0.717) is 6.54 Å². The van der Waals surface area contributed by atoms with Gasteiger partial charge in [-0.15, -0.1) is 0 Å². The van der Waals surface area contributed by atoms with Crippen LogP contribution >= 0.6 is 0 Å². The molecule has 1 aromatic heterocycles. The summed E-state index contributed by atoms with van der Waals surface area (Å²) in [4.78, 5) is 19.0. The molecule has 1 aromatic rings. The molecule has 2 unspecified atom stereocenters. The van der Waals surface area contributed by atoms with Crippen LogP contribution in [0.3, 0.4) is 0 Å². The van der Waals surface area contributed by atoms with Crippen molar-refractivity contribution in [1.82, 2.24) is 9.97 Å². The van der Waals surface area contributed by atoms with Gasteiger partial charge in [-0.1, -0.05) is 12.8 Å². The Bertz CT molecular complexity index is 369. The molecule has 0 amide bonds. The molecule has 1 saturated carbocycles. The number of aliphatic carboxylic acids is 1. The van der Waals surface area contributed by atoms with E-state index in [9.17, 15) is 4.79 Å². The Morgan fingerprint density at radius 1 is 1.47 bits per heavy atom. The number of nitrogens with one attached hydrogen (secondary N) is 1. The number of rotatable bonds is 4. The van der Waals surface area contributed by atoms with Crippen LogP contribution in [0.4, 0.5) is 5.82 Å². The topological polar surface area (TPSA) is 75.1 Å². The Labute approximate surface area is 100 Å². The number of hydrogen-bond acceptors (Lipinski definition) is 4. The summed E-state index contributed by atoms with van der Waals surface area (Å²) in [6, 6.07) is 1.79. The van der Waals surface area contributed by atoms with Gasteiger partial charge in [0.15, 0.2) is 0 Å². The molecule has 1 aliphatic rings. The second-order valence-electron chi connectivity index (χ2n) is 4.46. The zero-order chi connectivity index (χ0) is 12.1. The van der Waals surface area contributed by atoms with Crippen LogP contribution in [-0.4, -0.2) is 27.6 Å². The first-order valence-corrected chi connectivity index (χ1v) is 6.00. The highest BCUT2D eigenvalue weighted by atomic mass is 16.4. The summed E-state index contributed by atoms with van der Waals surface area (Å²) >= 11 is 0. The molecular weight excluding hydrogens is 218 g/mol. The van der Waals surface area contributed by atoms with Crippen molar-refractivity contribution in [3.63, 3.8) is 0 Å². The number of carbonyl (C=O) groups is 1. The molecule has 1 heterocycles. The van der Waals surface area contributed by atoms with E-state index in [-0.39, 0.29) is 11.8 Å². The van der Waals surface area contributed by atoms with Gasteiger partial charge in [0.1, 0.15) is 12.1 Å². The van der Waals surface area contributed by atoms with Crippen LogP contribution in [0.15, 0.2) is 18.6 Å². The lowest BCUT2D eigenvalue weighted by atomic mass is 9.79. The van der Waals surface area contributed by atoms with Crippen molar-refractivity contribution in [3.8, 4) is 0 Å². The van der Waals surface area contributed by atoms with Crippen molar-refractivity contribution in [2.75, 3.05) is 11.9 Å². The molecule has 0 aromatic carbocycles. The summed E-state index contributed by atoms with van der Waals surface area (Å²) in [5.74, 6) is 0.0863. The Morgan fingerprint density at radius 2 is 2.29 bits per heavy atom. The van der Waals surface area contributed by atoms with Crippen LogP contribution in [0.2, 0.25) is 0 Å². The van der Waals surface area contributed by atoms with Gasteiger partial charge < -0.3 is 10.4 Å². The maximum absolute atomic E-state index is 11.1. The van der Waals surface area contributed by atoms with E-state index in [2.05, 4.69) is 15.3 Å². The number of nitrogens with zero attached hydrogens (tertiary/aromatic N) is 2. The van der Waals surface area contributed by atoms with Crippen LogP contribution < -0.4 is 5.32 Å². The number of carboxylic acid groups (broad SMARTS) is 1. The average molecular weight is 235 g/mol. The van der Waals surface area contributed by atoms with E-state index in [4.69, 9.17) is 5.11 Å². The van der Waals surface area contributed by atoms with Crippen molar-refractivity contribution in [2.45, 2.75) is 25.7 Å². The minimum Gasteiger partial charge on any atom is -0.481 e. The second kappa shape index (κ2) is 5.61. The molecule has 5 nitrogen and oxygen atoms in total. The Hall–Kier alpha value is -1.65. The lowest BCUT2D eigenvalue weighted by Crippen LogP contribution is -2.31. The lowest BCUT2D eigenvalue weighted by molar-refractivity contribution is -0.144. The Kier molecular flexibility index (Phi) is 3.90. The van der Waals surface area contributed by atoms with Crippen LogP contribution in [0.5, 0.6) is 0 Å². The largest absolute Gasteiger partial charge is 0.481 e. The number of carboxylic acids is 1. The van der Waals surface area contributed by atoms with Gasteiger partial charge in [0.2, 0.25) is 0 Å². The van der Waals surface area contributed by atoms with Gasteiger partial charge in [-0.3, -0.25) is 4.79 Å². The summed E-state index contributed by atoms with van der Waals surface area (Å²) in [5.41, 5.74) is 0. The molecule has 92 valence electrons. The fourth-order valence-electron chi connectivity index (χ4n) is 2.41. The first-order chi connectivity index (χ1) is 8.27. The van der Waals surface area contributed by atoms with E-state index in [1.54, 1.807) is 12.3 Å². The third-order valence-electron chi connectivity index (χ3n) is 3.35. The molecule has 1 aliphatic carbocycles. The van der Waals surface area contributed by atoms with Crippen molar-refractivity contribution < 1.29 is 9.90 Å². The van der Waals surface area contributed by atoms with Gasteiger partial charge in [0.25, 0.3) is 0 Å². The summed E-state index contributed by atoms with van der Waals surface area (Å²) in [6.45, 7) is 0.675. The second-order valence-corrected chi connectivity index (χ2v) is 4.46. The molecule has 5 heteroatoms. The van der Waals surface area contributed by atoms with Crippen LogP contribution in [0.25, 0.3) is 0 Å². The van der Waals surface area contributed by atoms with Gasteiger partial charge in [0.05, 0.1) is 5.92 Å². The molecule has 1 fully saturated rings. The normalized spacial score (nSPS) is 24.2. The number of anilines is 1. The van der Waals surface area contributed by atoms with Gasteiger partial charge in [-0.25, -0.2) is 9.97 Å². The highest BCUT2D eigenvalue weighted by Gasteiger charge is 2.30. The van der Waals surface area contributed by atoms with Crippen molar-refractivity contribution in [3.05, 3.63) is 18.6 Å². The minimum absolute atomic E-state index is 0.205.